The predicted octanol–water partition coefficient (Wildman–Crippen LogP) is 5.88. The lowest BCUT2D eigenvalue weighted by molar-refractivity contribution is -0.119. The van der Waals surface area contributed by atoms with Crippen LogP contribution in [0.5, 0.6) is 5.75 Å². The molecule has 0 radical (unpaired) electrons. The molecule has 0 spiro atoms. The molecule has 178 valence electrons. The fourth-order valence-corrected chi connectivity index (χ4v) is 4.86. The molecule has 2 aromatic carbocycles. The predicted molar refractivity (Wildman–Crippen MR) is 137 cm³/mol. The zero-order valence-electron chi connectivity index (χ0n) is 18.8. The Balaban J connectivity index is 0.00000306. The van der Waals surface area contributed by atoms with E-state index >= 15 is 0 Å². The van der Waals surface area contributed by atoms with Gasteiger partial charge in [-0.2, -0.15) is 5.10 Å². The van der Waals surface area contributed by atoms with Crippen molar-refractivity contribution in [2.75, 3.05) is 25.2 Å². The van der Waals surface area contributed by atoms with E-state index in [1.165, 1.54) is 12.8 Å². The summed E-state index contributed by atoms with van der Waals surface area (Å²) in [5.74, 6) is 0.461. The minimum absolute atomic E-state index is 0. The van der Waals surface area contributed by atoms with Crippen LogP contribution in [0.3, 0.4) is 0 Å². The second kappa shape index (κ2) is 11.4. The van der Waals surface area contributed by atoms with Gasteiger partial charge < -0.3 is 4.74 Å². The fourth-order valence-electron chi connectivity index (χ4n) is 4.37. The van der Waals surface area contributed by atoms with Gasteiger partial charge in [-0.05, 0) is 48.7 Å². The molecular formula is C24H29Cl3N4O2. The van der Waals surface area contributed by atoms with Gasteiger partial charge in [0.15, 0.2) is 0 Å². The molecule has 1 amide bonds. The number of hydrogen-bond acceptors (Lipinski definition) is 5. The number of methoxy groups -OCH3 is 1. The first kappa shape index (κ1) is 25.6. The molecule has 2 aromatic rings. The average Bonchev–Trinajstić information content (AvgIpc) is 2.94. The summed E-state index contributed by atoms with van der Waals surface area (Å²) in [5.41, 5.74) is 5.30. The third kappa shape index (κ3) is 5.75. The highest BCUT2D eigenvalue weighted by molar-refractivity contribution is 6.41. The van der Waals surface area contributed by atoms with Gasteiger partial charge in [0.2, 0.25) is 0 Å². The van der Waals surface area contributed by atoms with Gasteiger partial charge in [0.25, 0.3) is 5.91 Å². The van der Waals surface area contributed by atoms with Crippen LogP contribution in [0.15, 0.2) is 47.6 Å². The zero-order chi connectivity index (χ0) is 22.7. The summed E-state index contributed by atoms with van der Waals surface area (Å²) < 4.78 is 5.31. The Kier molecular flexibility index (Phi) is 8.88. The molecule has 1 fully saturated rings. The maximum atomic E-state index is 13.2. The molecule has 9 heteroatoms. The summed E-state index contributed by atoms with van der Waals surface area (Å²) >= 11 is 12.7. The first-order valence-electron chi connectivity index (χ1n) is 11.0. The number of hydrazone groups is 1. The van der Waals surface area contributed by atoms with Gasteiger partial charge in [-0.25, -0.2) is 5.01 Å². The number of hydrogen-bond donors (Lipinski definition) is 1. The van der Waals surface area contributed by atoms with E-state index in [2.05, 4.69) is 5.43 Å². The lowest BCUT2D eigenvalue weighted by atomic mass is 9.91. The van der Waals surface area contributed by atoms with Crippen molar-refractivity contribution in [3.05, 3.63) is 58.1 Å². The maximum Gasteiger partial charge on any atom is 0.282 e. The highest BCUT2D eigenvalue weighted by Crippen LogP contribution is 2.42. The topological polar surface area (TPSA) is 57.2 Å². The normalized spacial score (nSPS) is 21.1. The number of nitrogens with one attached hydrogen (secondary N) is 1. The van der Waals surface area contributed by atoms with E-state index in [0.29, 0.717) is 21.4 Å². The molecule has 0 aliphatic carbocycles. The first-order valence-corrected chi connectivity index (χ1v) is 11.8. The Morgan fingerprint density at radius 2 is 1.73 bits per heavy atom. The van der Waals surface area contributed by atoms with E-state index in [-0.39, 0.29) is 30.3 Å². The molecule has 33 heavy (non-hydrogen) atoms. The van der Waals surface area contributed by atoms with Crippen LogP contribution in [0.2, 0.25) is 10.0 Å². The largest absolute Gasteiger partial charge is 0.497 e. The van der Waals surface area contributed by atoms with Crippen LogP contribution in [0.4, 0.5) is 5.69 Å². The average molecular weight is 512 g/mol. The van der Waals surface area contributed by atoms with Crippen LogP contribution in [0, 0.1) is 5.92 Å². The molecule has 6 nitrogen and oxygen atoms in total. The molecule has 2 heterocycles. The minimum Gasteiger partial charge on any atom is -0.497 e. The van der Waals surface area contributed by atoms with Gasteiger partial charge in [0, 0.05) is 24.0 Å². The zero-order valence-corrected chi connectivity index (χ0v) is 21.1. The Morgan fingerprint density at radius 1 is 1.06 bits per heavy atom. The summed E-state index contributed by atoms with van der Waals surface area (Å²) in [7, 11) is 1.64. The van der Waals surface area contributed by atoms with Crippen LogP contribution in [0.25, 0.3) is 0 Å². The number of benzene rings is 2. The Labute approximate surface area is 211 Å². The number of amides is 1. The van der Waals surface area contributed by atoms with Crippen molar-refractivity contribution >= 4 is 52.9 Å². The molecule has 2 aliphatic heterocycles. The smallest absolute Gasteiger partial charge is 0.282 e. The molecule has 2 aliphatic rings. The van der Waals surface area contributed by atoms with Crippen LogP contribution in [-0.2, 0) is 4.79 Å². The van der Waals surface area contributed by atoms with Crippen molar-refractivity contribution in [3.8, 4) is 5.75 Å². The Bertz CT molecular complexity index is 992. The van der Waals surface area contributed by atoms with Crippen LogP contribution < -0.4 is 15.2 Å². The lowest BCUT2D eigenvalue weighted by Crippen LogP contribution is -2.46. The molecule has 0 unspecified atom stereocenters. The van der Waals surface area contributed by atoms with E-state index in [9.17, 15) is 4.79 Å². The Morgan fingerprint density at radius 3 is 2.33 bits per heavy atom. The van der Waals surface area contributed by atoms with E-state index in [0.717, 1.165) is 37.2 Å². The van der Waals surface area contributed by atoms with Crippen molar-refractivity contribution < 1.29 is 9.53 Å². The van der Waals surface area contributed by atoms with E-state index in [1.807, 2.05) is 47.3 Å². The number of anilines is 1. The van der Waals surface area contributed by atoms with E-state index < -0.39 is 0 Å². The summed E-state index contributed by atoms with van der Waals surface area (Å²) in [6.45, 7) is 3.75. The highest BCUT2D eigenvalue weighted by Gasteiger charge is 2.40. The standard InChI is InChI=1S/C24H28Cl2N4O2.ClH/c1-16-22(24(31)28-29-13-5-3-4-6-14-29)27-30(21-12-9-18(25)15-20(21)26)23(16)17-7-10-19(32-2)11-8-17;/h7-12,15-16,23H,3-6,13-14H2,1-2H3,(H,28,31);1H/t16-,23-;/m0./s1. The van der Waals surface area contributed by atoms with Crippen molar-refractivity contribution in [3.63, 3.8) is 0 Å². The second-order valence-electron chi connectivity index (χ2n) is 8.27. The molecule has 0 aromatic heterocycles. The van der Waals surface area contributed by atoms with Crippen LogP contribution in [0.1, 0.15) is 44.2 Å². The van der Waals surface area contributed by atoms with Gasteiger partial charge in [0.1, 0.15) is 11.5 Å². The number of halogens is 3. The summed E-state index contributed by atoms with van der Waals surface area (Å²) in [5, 5.41) is 9.66. The highest BCUT2D eigenvalue weighted by atomic mass is 35.5. The third-order valence-electron chi connectivity index (χ3n) is 6.10. The first-order chi connectivity index (χ1) is 15.5. The molecule has 0 bridgehead atoms. The van der Waals surface area contributed by atoms with Gasteiger partial charge in [-0.3, -0.25) is 15.2 Å². The van der Waals surface area contributed by atoms with E-state index in [1.54, 1.807) is 19.2 Å². The van der Waals surface area contributed by atoms with E-state index in [4.69, 9.17) is 33.0 Å². The fraction of sp³-hybridized carbons (Fsp3) is 0.417. The SMILES string of the molecule is COc1ccc([C@@H]2[C@@H](C)C(C(=O)NN3CCCCCC3)=NN2c2ccc(Cl)cc2Cl)cc1.Cl. The van der Waals surface area contributed by atoms with Gasteiger partial charge in [-0.15, -0.1) is 12.4 Å². The number of rotatable bonds is 5. The number of carbonyl (C=O) groups excluding carboxylic acids is 1. The second-order valence-corrected chi connectivity index (χ2v) is 9.12. The molecular weight excluding hydrogens is 483 g/mol. The number of carbonyl (C=O) groups is 1. The number of hydrazine groups is 1. The minimum atomic E-state index is -0.190. The maximum absolute atomic E-state index is 13.2. The Hall–Kier alpha value is -1.99. The molecule has 1 saturated heterocycles. The van der Waals surface area contributed by atoms with Gasteiger partial charge in [0.05, 0.1) is 23.9 Å². The van der Waals surface area contributed by atoms with Gasteiger partial charge >= 0.3 is 0 Å². The summed E-state index contributed by atoms with van der Waals surface area (Å²) in [6.07, 6.45) is 4.57. The third-order valence-corrected chi connectivity index (χ3v) is 6.63. The monoisotopic (exact) mass is 510 g/mol. The van der Waals surface area contributed by atoms with Gasteiger partial charge in [-0.1, -0.05) is 55.1 Å². The number of ether oxygens (including phenoxy) is 1. The number of nitrogens with zero attached hydrogens (tertiary/aromatic N) is 3. The summed E-state index contributed by atoms with van der Waals surface area (Å²) in [4.78, 5) is 13.2. The van der Waals surface area contributed by atoms with Crippen molar-refractivity contribution in [1.29, 1.82) is 0 Å². The quantitative estimate of drug-likeness (QED) is 0.544. The van der Waals surface area contributed by atoms with Crippen molar-refractivity contribution in [2.24, 2.45) is 11.0 Å². The summed E-state index contributed by atoms with van der Waals surface area (Å²) in [6, 6.07) is 13.0. The molecule has 0 saturated carbocycles. The molecule has 1 N–H and O–H groups in total. The molecule has 4 rings (SSSR count). The van der Waals surface area contributed by atoms with Crippen molar-refractivity contribution in [1.82, 2.24) is 10.4 Å². The molecule has 2 atom stereocenters. The van der Waals surface area contributed by atoms with Crippen molar-refractivity contribution in [2.45, 2.75) is 38.6 Å². The van der Waals surface area contributed by atoms with Crippen LogP contribution >= 0.6 is 35.6 Å². The van der Waals surface area contributed by atoms with Crippen LogP contribution in [-0.4, -0.2) is 36.8 Å². The lowest BCUT2D eigenvalue weighted by Gasteiger charge is -2.28.